The van der Waals surface area contributed by atoms with E-state index in [1.54, 1.807) is 33.8 Å². The Morgan fingerprint density at radius 1 is 1.38 bits per heavy atom. The van der Waals surface area contributed by atoms with Gasteiger partial charge >= 0.3 is 12.1 Å². The molecule has 0 unspecified atom stereocenters. The lowest BCUT2D eigenvalue weighted by molar-refractivity contribution is 0.0528. The lowest BCUT2D eigenvalue weighted by Crippen LogP contribution is -2.34. The van der Waals surface area contributed by atoms with Gasteiger partial charge in [-0.3, -0.25) is 4.90 Å². The number of nitrogens with zero attached hydrogens (tertiary/aromatic N) is 2. The average Bonchev–Trinajstić information content (AvgIpc) is 2.80. The van der Waals surface area contributed by atoms with Gasteiger partial charge in [0.25, 0.3) is 0 Å². The minimum atomic E-state index is -0.635. The molecule has 1 amide bonds. The second-order valence-corrected chi connectivity index (χ2v) is 6.23. The van der Waals surface area contributed by atoms with Crippen LogP contribution in [-0.4, -0.2) is 41.3 Å². The number of amides is 1. The van der Waals surface area contributed by atoms with Gasteiger partial charge in [0.05, 0.1) is 12.1 Å². The number of aromatic nitrogens is 2. The number of pyridine rings is 1. The number of nitrogens with one attached hydrogen (secondary N) is 1. The monoisotopic (exact) mass is 334 g/mol. The molecular formula is C16H22N4O4. The van der Waals surface area contributed by atoms with Crippen LogP contribution >= 0.6 is 0 Å². The largest absolute Gasteiger partial charge is 0.462 e. The van der Waals surface area contributed by atoms with Gasteiger partial charge in [-0.1, -0.05) is 0 Å². The molecule has 0 bridgehead atoms. The molecule has 2 rings (SSSR count). The highest BCUT2D eigenvalue weighted by Gasteiger charge is 2.25. The highest BCUT2D eigenvalue weighted by atomic mass is 16.6. The van der Waals surface area contributed by atoms with E-state index in [0.29, 0.717) is 16.7 Å². The van der Waals surface area contributed by atoms with Crippen molar-refractivity contribution in [3.05, 3.63) is 17.8 Å². The normalized spacial score (nSPS) is 11.4. The van der Waals surface area contributed by atoms with Gasteiger partial charge in [-0.25, -0.2) is 14.6 Å². The summed E-state index contributed by atoms with van der Waals surface area (Å²) in [6, 6.07) is 1.64. The van der Waals surface area contributed by atoms with E-state index >= 15 is 0 Å². The van der Waals surface area contributed by atoms with Crippen molar-refractivity contribution < 1.29 is 19.1 Å². The predicted octanol–water partition coefficient (Wildman–Crippen LogP) is 2.69. The highest BCUT2D eigenvalue weighted by molar-refractivity contribution is 6.12. The Hall–Kier alpha value is -2.77. The topological polar surface area (TPSA) is 111 Å². The van der Waals surface area contributed by atoms with Crippen LogP contribution in [0.3, 0.4) is 0 Å². The molecule has 0 aliphatic rings. The zero-order valence-electron chi connectivity index (χ0n) is 14.5. The summed E-state index contributed by atoms with van der Waals surface area (Å²) in [6.07, 6.45) is 0.933. The summed E-state index contributed by atoms with van der Waals surface area (Å²) in [4.78, 5) is 32.7. The third-order valence-corrected chi connectivity index (χ3v) is 3.19. The van der Waals surface area contributed by atoms with E-state index in [4.69, 9.17) is 15.2 Å². The number of hydrogen-bond acceptors (Lipinski definition) is 6. The van der Waals surface area contributed by atoms with Crippen LogP contribution in [0.1, 0.15) is 38.1 Å². The number of anilines is 2. The number of carbonyl (C=O) groups is 2. The maximum Gasteiger partial charge on any atom is 0.415 e. The fraction of sp³-hybridized carbons (Fsp3) is 0.438. The Labute approximate surface area is 139 Å². The molecule has 130 valence electrons. The van der Waals surface area contributed by atoms with Crippen LogP contribution in [-0.2, 0) is 9.47 Å². The van der Waals surface area contributed by atoms with Crippen LogP contribution in [0.2, 0.25) is 0 Å². The number of nitrogens with two attached hydrogens (primary N) is 1. The first-order chi connectivity index (χ1) is 11.2. The molecule has 0 atom stereocenters. The van der Waals surface area contributed by atoms with E-state index < -0.39 is 17.7 Å². The number of nitrogen functional groups attached to an aromatic ring is 1. The number of aromatic amines is 1. The molecular weight excluding hydrogens is 312 g/mol. The molecule has 0 fully saturated rings. The smallest absolute Gasteiger partial charge is 0.415 e. The van der Waals surface area contributed by atoms with Crippen molar-refractivity contribution in [2.75, 3.05) is 24.3 Å². The fourth-order valence-electron chi connectivity index (χ4n) is 2.22. The number of ether oxygens (including phenoxy) is 2. The molecule has 8 heteroatoms. The van der Waals surface area contributed by atoms with Gasteiger partial charge in [0.1, 0.15) is 17.0 Å². The standard InChI is InChI=1S/C16H22N4O4/c1-6-23-14(21)10-9-7-8-18-13(11(9)19-12(10)17)20(5)15(22)24-16(2,3)4/h7-8,19H,6,17H2,1-5H3. The van der Waals surface area contributed by atoms with Crippen LogP contribution in [0.5, 0.6) is 0 Å². The Morgan fingerprint density at radius 2 is 2.04 bits per heavy atom. The molecule has 0 aliphatic carbocycles. The molecule has 2 aromatic heterocycles. The Morgan fingerprint density at radius 3 is 2.62 bits per heavy atom. The minimum Gasteiger partial charge on any atom is -0.462 e. The fourth-order valence-corrected chi connectivity index (χ4v) is 2.22. The molecule has 2 heterocycles. The molecule has 0 aromatic carbocycles. The molecule has 3 N–H and O–H groups in total. The average molecular weight is 334 g/mol. The molecule has 0 radical (unpaired) electrons. The van der Waals surface area contributed by atoms with E-state index in [1.807, 2.05) is 0 Å². The first-order valence-electron chi connectivity index (χ1n) is 7.55. The number of carbonyl (C=O) groups excluding carboxylic acids is 2. The van der Waals surface area contributed by atoms with Gasteiger partial charge in [-0.2, -0.15) is 0 Å². The van der Waals surface area contributed by atoms with Gasteiger partial charge < -0.3 is 20.2 Å². The third-order valence-electron chi connectivity index (χ3n) is 3.19. The quantitative estimate of drug-likeness (QED) is 0.835. The number of rotatable bonds is 3. The Balaban J connectivity index is 2.48. The van der Waals surface area contributed by atoms with Crippen molar-refractivity contribution in [1.29, 1.82) is 0 Å². The van der Waals surface area contributed by atoms with Crippen LogP contribution in [0.25, 0.3) is 10.9 Å². The summed E-state index contributed by atoms with van der Waals surface area (Å²) in [5.74, 6) is -0.0578. The second kappa shape index (κ2) is 6.38. The molecule has 0 spiro atoms. The first kappa shape index (κ1) is 17.6. The zero-order chi connectivity index (χ0) is 18.1. The van der Waals surface area contributed by atoms with Crippen molar-refractivity contribution >= 4 is 34.6 Å². The molecule has 8 nitrogen and oxygen atoms in total. The zero-order valence-corrected chi connectivity index (χ0v) is 14.5. The minimum absolute atomic E-state index is 0.162. The van der Waals surface area contributed by atoms with Crippen molar-refractivity contribution in [1.82, 2.24) is 9.97 Å². The molecule has 24 heavy (non-hydrogen) atoms. The van der Waals surface area contributed by atoms with Crippen LogP contribution in [0.4, 0.5) is 16.4 Å². The molecule has 0 aliphatic heterocycles. The van der Waals surface area contributed by atoms with Gasteiger partial charge in [0, 0.05) is 18.6 Å². The summed E-state index contributed by atoms with van der Waals surface area (Å²) in [7, 11) is 1.54. The Kier molecular flexibility index (Phi) is 4.68. The summed E-state index contributed by atoms with van der Waals surface area (Å²) in [5, 5.41) is 0.534. The summed E-state index contributed by atoms with van der Waals surface area (Å²) in [5.41, 5.74) is 5.97. The van der Waals surface area contributed by atoms with E-state index in [2.05, 4.69) is 9.97 Å². The summed E-state index contributed by atoms with van der Waals surface area (Å²) >= 11 is 0. The van der Waals surface area contributed by atoms with Crippen LogP contribution in [0, 0.1) is 0 Å². The van der Waals surface area contributed by atoms with Crippen LogP contribution < -0.4 is 10.6 Å². The Bertz CT molecular complexity index is 776. The number of fused-ring (bicyclic) bond motifs is 1. The lowest BCUT2D eigenvalue weighted by Gasteiger charge is -2.24. The van der Waals surface area contributed by atoms with Gasteiger partial charge in [-0.05, 0) is 33.8 Å². The maximum absolute atomic E-state index is 12.3. The lowest BCUT2D eigenvalue weighted by atomic mass is 10.2. The number of hydrogen-bond donors (Lipinski definition) is 2. The van der Waals surface area contributed by atoms with E-state index in [9.17, 15) is 9.59 Å². The maximum atomic E-state index is 12.3. The SMILES string of the molecule is CCOC(=O)c1c(N)[nH]c2c(N(C)C(=O)OC(C)(C)C)nccc12. The van der Waals surface area contributed by atoms with Crippen LogP contribution in [0.15, 0.2) is 12.3 Å². The first-order valence-corrected chi connectivity index (χ1v) is 7.55. The highest BCUT2D eigenvalue weighted by Crippen LogP contribution is 2.30. The second-order valence-electron chi connectivity index (χ2n) is 6.23. The summed E-state index contributed by atoms with van der Waals surface area (Å²) in [6.45, 7) is 7.28. The molecule has 0 saturated carbocycles. The summed E-state index contributed by atoms with van der Waals surface area (Å²) < 4.78 is 10.4. The number of H-pyrrole nitrogens is 1. The predicted molar refractivity (Wildman–Crippen MR) is 91.1 cm³/mol. The van der Waals surface area contributed by atoms with E-state index in [-0.39, 0.29) is 18.0 Å². The van der Waals surface area contributed by atoms with Crippen molar-refractivity contribution in [2.24, 2.45) is 0 Å². The van der Waals surface area contributed by atoms with Gasteiger partial charge in [0.2, 0.25) is 0 Å². The van der Waals surface area contributed by atoms with Crippen molar-refractivity contribution in [2.45, 2.75) is 33.3 Å². The van der Waals surface area contributed by atoms with Crippen molar-refractivity contribution in [3.63, 3.8) is 0 Å². The molecule has 2 aromatic rings. The number of esters is 1. The van der Waals surface area contributed by atoms with Gasteiger partial charge in [-0.15, -0.1) is 0 Å². The van der Waals surface area contributed by atoms with E-state index in [0.717, 1.165) is 0 Å². The van der Waals surface area contributed by atoms with Gasteiger partial charge in [0.15, 0.2) is 5.82 Å². The van der Waals surface area contributed by atoms with E-state index in [1.165, 1.54) is 18.1 Å². The van der Waals surface area contributed by atoms with Crippen molar-refractivity contribution in [3.8, 4) is 0 Å². The third kappa shape index (κ3) is 3.42. The molecule has 0 saturated heterocycles.